The Labute approximate surface area is 196 Å². The molecule has 0 saturated heterocycles. The van der Waals surface area contributed by atoms with Crippen molar-refractivity contribution in [3.05, 3.63) is 79.6 Å². The highest BCUT2D eigenvalue weighted by molar-refractivity contribution is 6.32. The Morgan fingerprint density at radius 3 is 2.42 bits per heavy atom. The number of carbonyl (C=O) groups excluding carboxylic acids is 1. The van der Waals surface area contributed by atoms with E-state index in [9.17, 15) is 14.4 Å². The Bertz CT molecular complexity index is 1260. The zero-order valence-corrected chi connectivity index (χ0v) is 19.8. The summed E-state index contributed by atoms with van der Waals surface area (Å²) in [6, 6.07) is 12.8. The van der Waals surface area contributed by atoms with Gasteiger partial charge in [0.25, 0.3) is 0 Å². The summed E-state index contributed by atoms with van der Waals surface area (Å²) in [6.45, 7) is 7.35. The number of carbonyl (C=O) groups is 1. The molecule has 33 heavy (non-hydrogen) atoms. The van der Waals surface area contributed by atoms with Crippen molar-refractivity contribution in [2.75, 3.05) is 5.32 Å². The molecule has 174 valence electrons. The fourth-order valence-corrected chi connectivity index (χ4v) is 3.39. The van der Waals surface area contributed by atoms with Crippen molar-refractivity contribution in [2.45, 2.75) is 53.3 Å². The summed E-state index contributed by atoms with van der Waals surface area (Å²) in [6.07, 6.45) is 0.0337. The van der Waals surface area contributed by atoms with E-state index in [2.05, 4.69) is 10.3 Å². The molecule has 0 atom stereocenters. The van der Waals surface area contributed by atoms with Crippen LogP contribution < -0.4 is 21.4 Å². The van der Waals surface area contributed by atoms with Crippen LogP contribution in [0.25, 0.3) is 0 Å². The standard InChI is InChI=1S/C24H27ClN4O4/c1-15(2)33-21-10-9-19(13-20(21)25)26-22-27-23(31)28(12-11-17(4)30)24(32)29(22)14-18-7-5-16(3)6-8-18/h5-10,13,15H,11-12,14H2,1-4H3,(H,26,27,31). The third-order valence-electron chi connectivity index (χ3n) is 4.85. The molecule has 0 aliphatic carbocycles. The van der Waals surface area contributed by atoms with E-state index >= 15 is 0 Å². The molecule has 0 saturated carbocycles. The smallest absolute Gasteiger partial charge is 0.354 e. The van der Waals surface area contributed by atoms with Crippen LogP contribution in [0.4, 0.5) is 11.6 Å². The molecule has 0 aliphatic heterocycles. The van der Waals surface area contributed by atoms with Gasteiger partial charge in [-0.2, -0.15) is 4.98 Å². The molecular formula is C24H27ClN4O4. The van der Waals surface area contributed by atoms with E-state index in [4.69, 9.17) is 16.3 Å². The number of aromatic nitrogens is 3. The maximum absolute atomic E-state index is 13.2. The minimum atomic E-state index is -0.727. The Morgan fingerprint density at radius 1 is 1.12 bits per heavy atom. The molecule has 3 aromatic rings. The summed E-state index contributed by atoms with van der Waals surface area (Å²) in [5, 5.41) is 3.42. The molecule has 0 bridgehead atoms. The number of nitrogens with one attached hydrogen (secondary N) is 1. The third kappa shape index (κ3) is 6.32. The van der Waals surface area contributed by atoms with Gasteiger partial charge in [0.1, 0.15) is 11.5 Å². The number of ketones is 1. The molecule has 0 amide bonds. The summed E-state index contributed by atoms with van der Waals surface area (Å²) in [5.41, 5.74) is 1.22. The van der Waals surface area contributed by atoms with Gasteiger partial charge < -0.3 is 10.1 Å². The van der Waals surface area contributed by atoms with Crippen molar-refractivity contribution in [1.29, 1.82) is 0 Å². The highest BCUT2D eigenvalue weighted by Gasteiger charge is 2.15. The third-order valence-corrected chi connectivity index (χ3v) is 5.14. The molecule has 0 unspecified atom stereocenters. The van der Waals surface area contributed by atoms with Gasteiger partial charge in [-0.05, 0) is 51.5 Å². The van der Waals surface area contributed by atoms with Crippen LogP contribution in [0, 0.1) is 6.92 Å². The molecule has 1 heterocycles. The summed E-state index contributed by atoms with van der Waals surface area (Å²) in [7, 11) is 0. The Balaban J connectivity index is 2.02. The van der Waals surface area contributed by atoms with Crippen LogP contribution in [0.15, 0.2) is 52.1 Å². The van der Waals surface area contributed by atoms with Crippen LogP contribution in [-0.4, -0.2) is 26.0 Å². The molecule has 0 fully saturated rings. The van der Waals surface area contributed by atoms with Crippen LogP contribution in [0.3, 0.4) is 0 Å². The van der Waals surface area contributed by atoms with Crippen molar-refractivity contribution >= 4 is 29.0 Å². The zero-order chi connectivity index (χ0) is 24.1. The van der Waals surface area contributed by atoms with Gasteiger partial charge in [-0.3, -0.25) is 9.36 Å². The first-order chi connectivity index (χ1) is 15.6. The lowest BCUT2D eigenvalue weighted by molar-refractivity contribution is -0.117. The van der Waals surface area contributed by atoms with Gasteiger partial charge in [0.15, 0.2) is 0 Å². The number of rotatable bonds is 9. The first-order valence-electron chi connectivity index (χ1n) is 10.6. The van der Waals surface area contributed by atoms with Gasteiger partial charge in [-0.15, -0.1) is 0 Å². The maximum atomic E-state index is 13.2. The van der Waals surface area contributed by atoms with Crippen molar-refractivity contribution in [1.82, 2.24) is 14.1 Å². The number of hydrogen-bond donors (Lipinski definition) is 1. The van der Waals surface area contributed by atoms with E-state index in [-0.39, 0.29) is 37.3 Å². The number of nitrogens with zero attached hydrogens (tertiary/aromatic N) is 3. The van der Waals surface area contributed by atoms with Gasteiger partial charge in [0, 0.05) is 18.7 Å². The lowest BCUT2D eigenvalue weighted by Gasteiger charge is -2.17. The molecule has 0 aliphatic rings. The number of benzene rings is 2. The minimum Gasteiger partial charge on any atom is -0.489 e. The number of halogens is 1. The van der Waals surface area contributed by atoms with E-state index in [0.29, 0.717) is 16.5 Å². The minimum absolute atomic E-state index is 0.0265. The number of Topliss-reactive ketones (excluding diaryl/α,β-unsaturated/α-hetero) is 1. The quantitative estimate of drug-likeness (QED) is 0.509. The first kappa shape index (κ1) is 24.3. The van der Waals surface area contributed by atoms with Crippen LogP contribution >= 0.6 is 11.6 Å². The summed E-state index contributed by atoms with van der Waals surface area (Å²) in [4.78, 5) is 41.3. The second-order valence-electron chi connectivity index (χ2n) is 8.11. The average Bonchev–Trinajstić information content (AvgIpc) is 2.73. The monoisotopic (exact) mass is 470 g/mol. The zero-order valence-electron chi connectivity index (χ0n) is 19.1. The van der Waals surface area contributed by atoms with Gasteiger partial charge in [-0.25, -0.2) is 14.2 Å². The van der Waals surface area contributed by atoms with E-state index in [1.807, 2.05) is 45.0 Å². The molecule has 1 N–H and O–H groups in total. The lowest BCUT2D eigenvalue weighted by Crippen LogP contribution is -2.43. The van der Waals surface area contributed by atoms with E-state index < -0.39 is 11.4 Å². The molecular weight excluding hydrogens is 444 g/mol. The van der Waals surface area contributed by atoms with Crippen molar-refractivity contribution in [3.63, 3.8) is 0 Å². The number of aryl methyl sites for hydroxylation is 1. The summed E-state index contributed by atoms with van der Waals surface area (Å²) in [5.74, 6) is 0.493. The predicted octanol–water partition coefficient (Wildman–Crippen LogP) is 3.93. The van der Waals surface area contributed by atoms with Crippen LogP contribution in [0.1, 0.15) is 38.3 Å². The molecule has 0 spiro atoms. The Kier molecular flexibility index (Phi) is 7.71. The van der Waals surface area contributed by atoms with Crippen molar-refractivity contribution < 1.29 is 9.53 Å². The highest BCUT2D eigenvalue weighted by atomic mass is 35.5. The van der Waals surface area contributed by atoms with E-state index in [0.717, 1.165) is 15.7 Å². The second kappa shape index (κ2) is 10.5. The molecule has 9 heteroatoms. The summed E-state index contributed by atoms with van der Waals surface area (Å²) >= 11 is 6.33. The largest absolute Gasteiger partial charge is 0.489 e. The van der Waals surface area contributed by atoms with Gasteiger partial charge in [-0.1, -0.05) is 41.4 Å². The maximum Gasteiger partial charge on any atom is 0.354 e. The Hall–Kier alpha value is -3.39. The van der Waals surface area contributed by atoms with Crippen LogP contribution in [0.5, 0.6) is 5.75 Å². The summed E-state index contributed by atoms with van der Waals surface area (Å²) < 4.78 is 8.00. The normalized spacial score (nSPS) is 11.0. The molecule has 1 aromatic heterocycles. The fourth-order valence-electron chi connectivity index (χ4n) is 3.16. The lowest BCUT2D eigenvalue weighted by atomic mass is 10.1. The number of anilines is 2. The second-order valence-corrected chi connectivity index (χ2v) is 8.52. The number of ether oxygens (including phenoxy) is 1. The Morgan fingerprint density at radius 2 is 1.82 bits per heavy atom. The average molecular weight is 471 g/mol. The van der Waals surface area contributed by atoms with Gasteiger partial charge >= 0.3 is 11.4 Å². The molecule has 0 radical (unpaired) electrons. The van der Waals surface area contributed by atoms with Crippen molar-refractivity contribution in [2.24, 2.45) is 0 Å². The molecule has 8 nitrogen and oxygen atoms in total. The molecule has 3 rings (SSSR count). The van der Waals surface area contributed by atoms with Crippen LogP contribution in [0.2, 0.25) is 5.02 Å². The predicted molar refractivity (Wildman–Crippen MR) is 129 cm³/mol. The first-order valence-corrected chi connectivity index (χ1v) is 11.0. The van der Waals surface area contributed by atoms with Gasteiger partial charge in [0.05, 0.1) is 17.7 Å². The topological polar surface area (TPSA) is 95.2 Å². The van der Waals surface area contributed by atoms with Crippen LogP contribution in [-0.2, 0) is 17.9 Å². The van der Waals surface area contributed by atoms with E-state index in [1.54, 1.807) is 18.2 Å². The SMILES string of the molecule is CC(=O)CCn1c(=O)nc(Nc2ccc(OC(C)C)c(Cl)c2)n(Cc2ccc(C)cc2)c1=O. The molecule has 2 aromatic carbocycles. The van der Waals surface area contributed by atoms with E-state index in [1.165, 1.54) is 11.5 Å². The fraction of sp³-hybridized carbons (Fsp3) is 0.333. The highest BCUT2D eigenvalue weighted by Crippen LogP contribution is 2.29. The van der Waals surface area contributed by atoms with Gasteiger partial charge in [0.2, 0.25) is 5.95 Å². The van der Waals surface area contributed by atoms with Crippen molar-refractivity contribution in [3.8, 4) is 5.75 Å². The number of hydrogen-bond acceptors (Lipinski definition) is 6.